The van der Waals surface area contributed by atoms with E-state index in [-0.39, 0.29) is 0 Å². The Balaban J connectivity index is 1.06. The first-order valence-electron chi connectivity index (χ1n) is 18.8. The Morgan fingerprint density at radius 1 is 0.339 bits per heavy atom. The summed E-state index contributed by atoms with van der Waals surface area (Å²) in [7, 11) is 0. The molecule has 0 radical (unpaired) electrons. The molecule has 56 heavy (non-hydrogen) atoms. The highest BCUT2D eigenvalue weighted by molar-refractivity contribution is 6.16. The van der Waals surface area contributed by atoms with Crippen LogP contribution in [0.3, 0.4) is 0 Å². The smallest absolute Gasteiger partial charge is 0.164 e. The maximum atomic E-state index is 6.57. The van der Waals surface area contributed by atoms with Gasteiger partial charge < -0.3 is 8.98 Å². The molecule has 11 rings (SSSR count). The van der Waals surface area contributed by atoms with E-state index < -0.39 is 0 Å². The van der Waals surface area contributed by atoms with E-state index in [1.54, 1.807) is 0 Å². The number of fused-ring (bicyclic) bond motifs is 6. The third-order valence-corrected chi connectivity index (χ3v) is 10.7. The Hall–Kier alpha value is -7.63. The van der Waals surface area contributed by atoms with Gasteiger partial charge in [0.15, 0.2) is 17.5 Å². The largest absolute Gasteiger partial charge is 0.456 e. The fraction of sp³-hybridized carbons (Fsp3) is 0. The van der Waals surface area contributed by atoms with Crippen molar-refractivity contribution in [3.8, 4) is 62.1 Å². The average Bonchev–Trinajstić information content (AvgIpc) is 3.82. The summed E-state index contributed by atoms with van der Waals surface area (Å²) in [6.07, 6.45) is 0. The third kappa shape index (κ3) is 5.29. The highest BCUT2D eigenvalue weighted by atomic mass is 16.3. The van der Waals surface area contributed by atoms with Gasteiger partial charge >= 0.3 is 0 Å². The molecule has 0 spiro atoms. The van der Waals surface area contributed by atoms with Crippen LogP contribution in [0.1, 0.15) is 0 Å². The molecule has 3 heterocycles. The summed E-state index contributed by atoms with van der Waals surface area (Å²) in [6, 6.07) is 67.4. The fourth-order valence-electron chi connectivity index (χ4n) is 8.09. The van der Waals surface area contributed by atoms with E-state index in [1.165, 1.54) is 21.9 Å². The van der Waals surface area contributed by atoms with Crippen molar-refractivity contribution >= 4 is 43.7 Å². The molecule has 5 nitrogen and oxygen atoms in total. The van der Waals surface area contributed by atoms with Crippen molar-refractivity contribution in [2.75, 3.05) is 0 Å². The van der Waals surface area contributed by atoms with Gasteiger partial charge in [-0.25, -0.2) is 15.0 Å². The van der Waals surface area contributed by atoms with Crippen molar-refractivity contribution in [3.05, 3.63) is 194 Å². The number of hydrogen-bond acceptors (Lipinski definition) is 4. The predicted octanol–water partition coefficient (Wildman–Crippen LogP) is 13.2. The van der Waals surface area contributed by atoms with Gasteiger partial charge in [-0.1, -0.05) is 152 Å². The zero-order valence-corrected chi connectivity index (χ0v) is 30.2. The summed E-state index contributed by atoms with van der Waals surface area (Å²) in [5.74, 6) is 1.81. The third-order valence-electron chi connectivity index (χ3n) is 10.7. The minimum absolute atomic E-state index is 0.583. The summed E-state index contributed by atoms with van der Waals surface area (Å²) in [4.78, 5) is 15.2. The first-order chi connectivity index (χ1) is 27.8. The topological polar surface area (TPSA) is 56.7 Å². The minimum atomic E-state index is 0.583. The SMILES string of the molecule is c1ccc(-c2nc(-c3ccc4c(c3)oc3ccc(-n5c6ccccc6c6c(-c7ccccc7)cccc65)cc34)nc(-c3ccccc3-c3ccccc3)n2)cc1. The van der Waals surface area contributed by atoms with Gasteiger partial charge in [0.25, 0.3) is 0 Å². The molecule has 0 aliphatic heterocycles. The first-order valence-corrected chi connectivity index (χ1v) is 18.8. The van der Waals surface area contributed by atoms with Crippen LogP contribution in [-0.4, -0.2) is 19.5 Å². The molecule has 0 bridgehead atoms. The van der Waals surface area contributed by atoms with Crippen molar-refractivity contribution < 1.29 is 4.42 Å². The van der Waals surface area contributed by atoms with Gasteiger partial charge in [-0.05, 0) is 64.7 Å². The van der Waals surface area contributed by atoms with E-state index in [9.17, 15) is 0 Å². The molecule has 11 aromatic rings. The van der Waals surface area contributed by atoms with Gasteiger partial charge in [-0.15, -0.1) is 0 Å². The van der Waals surface area contributed by atoms with Gasteiger partial charge in [0.2, 0.25) is 0 Å². The standard InChI is InChI=1S/C51H32N4O/c1-4-15-33(16-5-1)38-21-10-11-22-41(38)51-53-49(35-19-8-3-9-20-35)52-50(54-51)36-27-29-40-43-32-37(28-30-46(43)56-47(40)31-36)55-44-25-13-12-23-42(44)48-39(24-14-26-45(48)55)34-17-6-2-7-18-34/h1-32H. The van der Waals surface area contributed by atoms with E-state index in [2.05, 4.69) is 156 Å². The second kappa shape index (κ2) is 13.0. The average molecular weight is 717 g/mol. The number of rotatable bonds is 6. The van der Waals surface area contributed by atoms with Crippen molar-refractivity contribution in [2.24, 2.45) is 0 Å². The van der Waals surface area contributed by atoms with Crippen molar-refractivity contribution in [3.63, 3.8) is 0 Å². The number of para-hydroxylation sites is 1. The lowest BCUT2D eigenvalue weighted by Gasteiger charge is -2.12. The summed E-state index contributed by atoms with van der Waals surface area (Å²) in [6.45, 7) is 0. The summed E-state index contributed by atoms with van der Waals surface area (Å²) < 4.78 is 8.93. The molecule has 0 unspecified atom stereocenters. The summed E-state index contributed by atoms with van der Waals surface area (Å²) in [5.41, 5.74) is 12.3. The maximum Gasteiger partial charge on any atom is 0.164 e. The van der Waals surface area contributed by atoms with E-state index >= 15 is 0 Å². The van der Waals surface area contributed by atoms with Gasteiger partial charge in [0.05, 0.1) is 11.0 Å². The van der Waals surface area contributed by atoms with Crippen LogP contribution >= 0.6 is 0 Å². The van der Waals surface area contributed by atoms with Crippen molar-refractivity contribution in [2.45, 2.75) is 0 Å². The Bertz CT molecular complexity index is 3240. The molecule has 0 N–H and O–H groups in total. The van der Waals surface area contributed by atoms with Crippen LogP contribution in [0.5, 0.6) is 0 Å². The molecule has 5 heteroatoms. The number of hydrogen-bond donors (Lipinski definition) is 0. The van der Waals surface area contributed by atoms with Crippen LogP contribution in [-0.2, 0) is 0 Å². The van der Waals surface area contributed by atoms with Crippen LogP contribution in [0.15, 0.2) is 199 Å². The molecular formula is C51H32N4O. The number of nitrogens with zero attached hydrogens (tertiary/aromatic N) is 4. The number of benzene rings is 8. The van der Waals surface area contributed by atoms with E-state index in [1.807, 2.05) is 42.5 Å². The fourth-order valence-corrected chi connectivity index (χ4v) is 8.09. The van der Waals surface area contributed by atoms with Crippen LogP contribution in [0.4, 0.5) is 0 Å². The highest BCUT2D eigenvalue weighted by Gasteiger charge is 2.19. The van der Waals surface area contributed by atoms with E-state index in [0.29, 0.717) is 17.5 Å². The molecular weight excluding hydrogens is 685 g/mol. The van der Waals surface area contributed by atoms with Crippen LogP contribution in [0.25, 0.3) is 106 Å². The molecule has 0 aliphatic carbocycles. The van der Waals surface area contributed by atoms with Gasteiger partial charge in [-0.2, -0.15) is 0 Å². The monoisotopic (exact) mass is 716 g/mol. The van der Waals surface area contributed by atoms with E-state index in [4.69, 9.17) is 19.4 Å². The molecule has 262 valence electrons. The Labute approximate surface area is 322 Å². The summed E-state index contributed by atoms with van der Waals surface area (Å²) >= 11 is 0. The molecule has 0 atom stereocenters. The molecule has 0 saturated heterocycles. The molecule has 3 aromatic heterocycles. The lowest BCUT2D eigenvalue weighted by molar-refractivity contribution is 0.669. The zero-order chi connectivity index (χ0) is 37.0. The second-order valence-corrected chi connectivity index (χ2v) is 14.0. The van der Waals surface area contributed by atoms with Gasteiger partial charge in [-0.3, -0.25) is 0 Å². The Morgan fingerprint density at radius 2 is 0.929 bits per heavy atom. The van der Waals surface area contributed by atoms with Gasteiger partial charge in [0, 0.05) is 43.9 Å². The van der Waals surface area contributed by atoms with Gasteiger partial charge in [0.1, 0.15) is 11.2 Å². The molecule has 0 saturated carbocycles. The predicted molar refractivity (Wildman–Crippen MR) is 229 cm³/mol. The van der Waals surface area contributed by atoms with Crippen LogP contribution in [0, 0.1) is 0 Å². The molecule has 8 aromatic carbocycles. The molecule has 0 aliphatic rings. The maximum absolute atomic E-state index is 6.57. The lowest BCUT2D eigenvalue weighted by Crippen LogP contribution is -2.01. The quantitative estimate of drug-likeness (QED) is 0.172. The van der Waals surface area contributed by atoms with Crippen molar-refractivity contribution in [1.29, 1.82) is 0 Å². The highest BCUT2D eigenvalue weighted by Crippen LogP contribution is 2.40. The second-order valence-electron chi connectivity index (χ2n) is 14.0. The summed E-state index contributed by atoms with van der Waals surface area (Å²) in [5, 5.41) is 4.55. The normalized spacial score (nSPS) is 11.6. The zero-order valence-electron chi connectivity index (χ0n) is 30.2. The van der Waals surface area contributed by atoms with E-state index in [0.717, 1.165) is 66.5 Å². The number of furan rings is 1. The minimum Gasteiger partial charge on any atom is -0.456 e. The Kier molecular flexibility index (Phi) is 7.42. The number of aromatic nitrogens is 4. The lowest BCUT2D eigenvalue weighted by atomic mass is 9.99. The van der Waals surface area contributed by atoms with Crippen LogP contribution in [0.2, 0.25) is 0 Å². The first kappa shape index (κ1) is 31.9. The van der Waals surface area contributed by atoms with Crippen molar-refractivity contribution in [1.82, 2.24) is 19.5 Å². The Morgan fingerprint density at radius 3 is 1.70 bits per heavy atom. The van der Waals surface area contributed by atoms with Crippen LogP contribution < -0.4 is 0 Å². The molecule has 0 amide bonds. The molecule has 0 fully saturated rings.